The summed E-state index contributed by atoms with van der Waals surface area (Å²) in [4.78, 5) is 2.51. The van der Waals surface area contributed by atoms with Crippen LogP contribution >= 0.6 is 0 Å². The van der Waals surface area contributed by atoms with E-state index < -0.39 is 0 Å². The summed E-state index contributed by atoms with van der Waals surface area (Å²) in [5.41, 5.74) is 4.01. The van der Waals surface area contributed by atoms with Gasteiger partial charge in [-0.3, -0.25) is 0 Å². The zero-order chi connectivity index (χ0) is 14.2. The summed E-state index contributed by atoms with van der Waals surface area (Å²) < 4.78 is 11.3. The first-order chi connectivity index (χ1) is 10.4. The normalized spacial score (nSPS) is 19.7. The molecule has 0 fully saturated rings. The first-order valence-corrected chi connectivity index (χ1v) is 7.52. The molecule has 0 amide bonds. The Balaban J connectivity index is 1.73. The van der Waals surface area contributed by atoms with Crippen molar-refractivity contribution in [1.29, 1.82) is 0 Å². The fourth-order valence-electron chi connectivity index (χ4n) is 3.44. The molecule has 0 radical (unpaired) electrons. The minimum atomic E-state index is 0.296. The molecule has 2 aliphatic rings. The smallest absolute Gasteiger partial charge is 0.143 e. The van der Waals surface area contributed by atoms with Gasteiger partial charge in [0.2, 0.25) is 0 Å². The second-order valence-corrected chi connectivity index (χ2v) is 5.66. The van der Waals surface area contributed by atoms with E-state index in [1.807, 2.05) is 12.1 Å². The third-order valence-corrected chi connectivity index (χ3v) is 4.49. The van der Waals surface area contributed by atoms with Crippen molar-refractivity contribution >= 4 is 5.69 Å². The van der Waals surface area contributed by atoms with Gasteiger partial charge in [-0.1, -0.05) is 24.3 Å². The van der Waals surface area contributed by atoms with Gasteiger partial charge in [-0.2, -0.15) is 0 Å². The fraction of sp³-hybridized carbons (Fsp3) is 0.333. The average Bonchev–Trinajstić information content (AvgIpc) is 2.56. The fourth-order valence-corrected chi connectivity index (χ4v) is 3.44. The zero-order valence-electron chi connectivity index (χ0n) is 12.2. The number of hydrogen-bond donors (Lipinski definition) is 0. The van der Waals surface area contributed by atoms with Crippen LogP contribution in [-0.2, 0) is 6.42 Å². The van der Waals surface area contributed by atoms with Gasteiger partial charge in [0.05, 0.1) is 18.8 Å². The molecule has 4 rings (SSSR count). The molecule has 0 saturated carbocycles. The molecule has 0 spiro atoms. The molecular formula is C18H19NO2. The highest BCUT2D eigenvalue weighted by atomic mass is 16.5. The Bertz CT molecular complexity index is 637. The summed E-state index contributed by atoms with van der Waals surface area (Å²) in [5.74, 6) is 1.94. The third-order valence-electron chi connectivity index (χ3n) is 4.49. The van der Waals surface area contributed by atoms with E-state index in [0.717, 1.165) is 24.5 Å². The Kier molecular flexibility index (Phi) is 2.99. The summed E-state index contributed by atoms with van der Waals surface area (Å²) in [6.07, 6.45) is 2.36. The predicted molar refractivity (Wildman–Crippen MR) is 83.3 cm³/mol. The number of rotatable bonds is 2. The molecule has 0 saturated heterocycles. The van der Waals surface area contributed by atoms with Crippen molar-refractivity contribution in [3.63, 3.8) is 0 Å². The van der Waals surface area contributed by atoms with E-state index in [1.54, 1.807) is 7.11 Å². The Morgan fingerprint density at radius 3 is 2.81 bits per heavy atom. The summed E-state index contributed by atoms with van der Waals surface area (Å²) in [5, 5.41) is 0. The molecule has 108 valence electrons. The molecule has 0 N–H and O–H groups in total. The van der Waals surface area contributed by atoms with Gasteiger partial charge >= 0.3 is 0 Å². The Labute approximate surface area is 125 Å². The van der Waals surface area contributed by atoms with Crippen molar-refractivity contribution < 1.29 is 9.47 Å². The van der Waals surface area contributed by atoms with Gasteiger partial charge in [-0.25, -0.2) is 0 Å². The number of para-hydroxylation sites is 1. The predicted octanol–water partition coefficient (Wildman–Crippen LogP) is 3.58. The van der Waals surface area contributed by atoms with Crippen molar-refractivity contribution in [2.45, 2.75) is 18.9 Å². The van der Waals surface area contributed by atoms with E-state index in [2.05, 4.69) is 35.2 Å². The van der Waals surface area contributed by atoms with Crippen molar-refractivity contribution in [3.8, 4) is 11.5 Å². The van der Waals surface area contributed by atoms with Crippen LogP contribution in [0.5, 0.6) is 11.5 Å². The topological polar surface area (TPSA) is 21.7 Å². The van der Waals surface area contributed by atoms with Crippen LogP contribution in [-0.4, -0.2) is 20.3 Å². The van der Waals surface area contributed by atoms with Crippen LogP contribution in [0, 0.1) is 0 Å². The number of benzene rings is 2. The second-order valence-electron chi connectivity index (χ2n) is 5.66. The maximum Gasteiger partial charge on any atom is 0.143 e. The molecule has 0 aromatic heterocycles. The Hall–Kier alpha value is -2.16. The number of hydrogen-bond acceptors (Lipinski definition) is 3. The highest BCUT2D eigenvalue weighted by Crippen LogP contribution is 2.44. The molecule has 2 aliphatic heterocycles. The monoisotopic (exact) mass is 281 g/mol. The van der Waals surface area contributed by atoms with Crippen LogP contribution in [0.1, 0.15) is 23.6 Å². The van der Waals surface area contributed by atoms with Crippen LogP contribution in [0.25, 0.3) is 0 Å². The molecule has 1 unspecified atom stereocenters. The lowest BCUT2D eigenvalue weighted by molar-refractivity contribution is 0.260. The van der Waals surface area contributed by atoms with E-state index in [9.17, 15) is 0 Å². The van der Waals surface area contributed by atoms with Gasteiger partial charge in [0.15, 0.2) is 0 Å². The third kappa shape index (κ3) is 2.04. The number of methoxy groups -OCH3 is 1. The lowest BCUT2D eigenvalue weighted by Gasteiger charge is -2.42. The molecule has 0 bridgehead atoms. The summed E-state index contributed by atoms with van der Waals surface area (Å²) in [7, 11) is 1.70. The Morgan fingerprint density at radius 2 is 2.00 bits per heavy atom. The molecule has 21 heavy (non-hydrogen) atoms. The van der Waals surface area contributed by atoms with Crippen LogP contribution in [0.4, 0.5) is 5.69 Å². The highest BCUT2D eigenvalue weighted by Gasteiger charge is 2.32. The molecule has 1 atom stereocenters. The van der Waals surface area contributed by atoms with Gasteiger partial charge in [-0.05, 0) is 42.2 Å². The van der Waals surface area contributed by atoms with Crippen molar-refractivity contribution in [1.82, 2.24) is 0 Å². The van der Waals surface area contributed by atoms with Gasteiger partial charge in [0.25, 0.3) is 0 Å². The molecule has 3 heteroatoms. The maximum atomic E-state index is 6.02. The SMILES string of the molecule is COc1ccc(C2COc3cccc4c3N2CCC4)cc1. The van der Waals surface area contributed by atoms with Crippen LogP contribution < -0.4 is 14.4 Å². The van der Waals surface area contributed by atoms with E-state index in [-0.39, 0.29) is 0 Å². The van der Waals surface area contributed by atoms with E-state index in [4.69, 9.17) is 9.47 Å². The minimum absolute atomic E-state index is 0.296. The molecule has 2 aromatic carbocycles. The standard InChI is InChI=1S/C18H19NO2/c1-20-15-9-7-13(8-10-15)16-12-21-17-6-2-4-14-5-3-11-19(16)18(14)17/h2,4,6-10,16H,3,5,11-12H2,1H3. The summed E-state index contributed by atoms with van der Waals surface area (Å²) in [6, 6.07) is 15.1. The lowest BCUT2D eigenvalue weighted by atomic mass is 9.95. The van der Waals surface area contributed by atoms with Crippen molar-refractivity contribution in [2.75, 3.05) is 25.2 Å². The van der Waals surface area contributed by atoms with Gasteiger partial charge in [0.1, 0.15) is 18.1 Å². The molecular weight excluding hydrogens is 262 g/mol. The van der Waals surface area contributed by atoms with Gasteiger partial charge < -0.3 is 14.4 Å². The van der Waals surface area contributed by atoms with Gasteiger partial charge in [0, 0.05) is 6.54 Å². The minimum Gasteiger partial charge on any atom is -0.497 e. The highest BCUT2D eigenvalue weighted by molar-refractivity contribution is 5.67. The number of anilines is 1. The van der Waals surface area contributed by atoms with E-state index in [1.165, 1.54) is 23.2 Å². The zero-order valence-corrected chi connectivity index (χ0v) is 12.2. The molecule has 3 nitrogen and oxygen atoms in total. The lowest BCUT2D eigenvalue weighted by Crippen LogP contribution is -2.40. The van der Waals surface area contributed by atoms with Crippen molar-refractivity contribution in [3.05, 3.63) is 53.6 Å². The second kappa shape index (κ2) is 4.99. The van der Waals surface area contributed by atoms with E-state index in [0.29, 0.717) is 12.6 Å². The summed E-state index contributed by atoms with van der Waals surface area (Å²) in [6.45, 7) is 1.81. The molecule has 0 aliphatic carbocycles. The Morgan fingerprint density at radius 1 is 1.14 bits per heavy atom. The number of aryl methyl sites for hydroxylation is 1. The average molecular weight is 281 g/mol. The maximum absolute atomic E-state index is 6.02. The van der Waals surface area contributed by atoms with E-state index >= 15 is 0 Å². The van der Waals surface area contributed by atoms with Crippen LogP contribution in [0.3, 0.4) is 0 Å². The largest absolute Gasteiger partial charge is 0.497 e. The molecule has 2 aromatic rings. The first kappa shape index (κ1) is 12.6. The quantitative estimate of drug-likeness (QED) is 0.840. The van der Waals surface area contributed by atoms with Crippen LogP contribution in [0.15, 0.2) is 42.5 Å². The van der Waals surface area contributed by atoms with Crippen LogP contribution in [0.2, 0.25) is 0 Å². The van der Waals surface area contributed by atoms with Crippen molar-refractivity contribution in [2.24, 2.45) is 0 Å². The summed E-state index contributed by atoms with van der Waals surface area (Å²) >= 11 is 0. The van der Waals surface area contributed by atoms with Gasteiger partial charge in [-0.15, -0.1) is 0 Å². The number of nitrogens with zero attached hydrogens (tertiary/aromatic N) is 1. The number of ether oxygens (including phenoxy) is 2. The molecule has 2 heterocycles. The first-order valence-electron chi connectivity index (χ1n) is 7.52.